The topological polar surface area (TPSA) is 111 Å². The number of halogens is 2. The maximum absolute atomic E-state index is 12.9. The summed E-state index contributed by atoms with van der Waals surface area (Å²) in [4.78, 5) is 15.0. The Morgan fingerprint density at radius 2 is 2.32 bits per heavy atom. The van der Waals surface area contributed by atoms with Gasteiger partial charge in [-0.15, -0.1) is 0 Å². The van der Waals surface area contributed by atoms with Gasteiger partial charge in [-0.3, -0.25) is 4.57 Å². The Hall–Kier alpha value is -1.58. The van der Waals surface area contributed by atoms with Crippen LogP contribution in [-0.4, -0.2) is 43.5 Å². The summed E-state index contributed by atoms with van der Waals surface area (Å²) in [5, 5.41) is 19.3. The lowest BCUT2D eigenvalue weighted by Crippen LogP contribution is -2.34. The molecule has 0 bridgehead atoms. The van der Waals surface area contributed by atoms with Gasteiger partial charge in [-0.05, 0) is 6.07 Å². The van der Waals surface area contributed by atoms with E-state index in [9.17, 15) is 23.8 Å². The van der Waals surface area contributed by atoms with Crippen molar-refractivity contribution in [3.63, 3.8) is 0 Å². The molecule has 1 aromatic rings. The second-order valence-electron chi connectivity index (χ2n) is 4.74. The molecule has 1 aromatic heterocycles. The van der Waals surface area contributed by atoms with Crippen LogP contribution in [0.2, 0.25) is 0 Å². The van der Waals surface area contributed by atoms with Crippen LogP contribution in [0.5, 0.6) is 0 Å². The number of rotatable bonds is 2. The molecule has 3 rings (SSSR count). The second kappa shape index (κ2) is 3.50. The third-order valence-electron chi connectivity index (χ3n) is 3.75. The fraction of sp³-hybridized carbons (Fsp3) is 0.600. The maximum Gasteiger partial charge on any atom is 0.351 e. The number of anilines is 1. The summed E-state index contributed by atoms with van der Waals surface area (Å²) >= 11 is 0. The van der Waals surface area contributed by atoms with Gasteiger partial charge in [0.15, 0.2) is 5.60 Å². The van der Waals surface area contributed by atoms with E-state index in [1.165, 1.54) is 12.3 Å². The minimum Gasteiger partial charge on any atom is -0.387 e. The average molecular weight is 275 g/mol. The largest absolute Gasteiger partial charge is 0.387 e. The molecule has 1 unspecified atom stereocenters. The predicted molar refractivity (Wildman–Crippen MR) is 57.3 cm³/mol. The van der Waals surface area contributed by atoms with Gasteiger partial charge in [0.1, 0.15) is 23.8 Å². The summed E-state index contributed by atoms with van der Waals surface area (Å²) in [7, 11) is 0. The molecule has 1 aliphatic heterocycles. The minimum absolute atomic E-state index is 0.00766. The Balaban J connectivity index is 1.94. The summed E-state index contributed by atoms with van der Waals surface area (Å²) in [6.45, 7) is 0. The summed E-state index contributed by atoms with van der Waals surface area (Å²) in [5.74, 6) is -0.00766. The molecule has 19 heavy (non-hydrogen) atoms. The third-order valence-corrected chi connectivity index (χ3v) is 3.75. The zero-order valence-corrected chi connectivity index (χ0v) is 9.53. The highest BCUT2D eigenvalue weighted by Gasteiger charge is 2.87. The molecule has 4 N–H and O–H groups in total. The molecule has 1 saturated carbocycles. The predicted octanol–water partition coefficient (Wildman–Crippen LogP) is -1.15. The normalized spacial score (nSPS) is 40.5. The lowest BCUT2D eigenvalue weighted by atomic mass is 10.2. The molecule has 7 nitrogen and oxygen atoms in total. The molecule has 4 atom stereocenters. The van der Waals surface area contributed by atoms with Gasteiger partial charge in [-0.1, -0.05) is 0 Å². The molecular formula is C10H11F2N3O4. The molecule has 1 saturated heterocycles. The number of aromatic nitrogens is 2. The monoisotopic (exact) mass is 275 g/mol. The molecule has 104 valence electrons. The molecule has 0 spiro atoms. The van der Waals surface area contributed by atoms with Gasteiger partial charge in [0.25, 0.3) is 6.43 Å². The van der Waals surface area contributed by atoms with E-state index < -0.39 is 35.6 Å². The highest BCUT2D eigenvalue weighted by molar-refractivity contribution is 5.33. The van der Waals surface area contributed by atoms with Crippen molar-refractivity contribution in [1.29, 1.82) is 0 Å². The number of nitrogen functional groups attached to an aromatic ring is 1. The molecule has 9 heteroatoms. The van der Waals surface area contributed by atoms with Crippen molar-refractivity contribution in [2.45, 2.75) is 36.4 Å². The Morgan fingerprint density at radius 1 is 1.63 bits per heavy atom. The first-order valence-electron chi connectivity index (χ1n) is 5.54. The van der Waals surface area contributed by atoms with Crippen LogP contribution in [0.25, 0.3) is 0 Å². The summed E-state index contributed by atoms with van der Waals surface area (Å²) in [6, 6.07) is 1.31. The van der Waals surface area contributed by atoms with Crippen LogP contribution in [-0.2, 0) is 4.74 Å². The summed E-state index contributed by atoms with van der Waals surface area (Å²) in [6.07, 6.45) is -4.90. The first kappa shape index (κ1) is 12.5. The quantitative estimate of drug-likeness (QED) is 0.629. The highest BCUT2D eigenvalue weighted by Crippen LogP contribution is 2.64. The van der Waals surface area contributed by atoms with Crippen molar-refractivity contribution in [3.05, 3.63) is 22.7 Å². The van der Waals surface area contributed by atoms with Crippen LogP contribution in [0.4, 0.5) is 14.6 Å². The van der Waals surface area contributed by atoms with E-state index in [-0.39, 0.29) is 12.2 Å². The van der Waals surface area contributed by atoms with Crippen molar-refractivity contribution in [1.82, 2.24) is 9.55 Å². The number of ether oxygens (including phenoxy) is 1. The lowest BCUT2D eigenvalue weighted by Gasteiger charge is -2.19. The van der Waals surface area contributed by atoms with Crippen LogP contribution in [0.3, 0.4) is 0 Å². The summed E-state index contributed by atoms with van der Waals surface area (Å²) < 4.78 is 31.9. The van der Waals surface area contributed by atoms with Crippen molar-refractivity contribution >= 4 is 5.82 Å². The van der Waals surface area contributed by atoms with Gasteiger partial charge in [-0.2, -0.15) is 4.98 Å². The van der Waals surface area contributed by atoms with Gasteiger partial charge in [0, 0.05) is 12.6 Å². The first-order chi connectivity index (χ1) is 8.83. The molecule has 0 amide bonds. The molecule has 0 radical (unpaired) electrons. The standard InChI is InChI=1S/C10H11F2N3O4/c11-7(12)10-6(16)9(10,18)3-5(19-10)15-2-1-4(13)14-8(15)17/h1-2,5-7,16,18H,3H2,(H2,13,14,17)/t5-,6?,9-,10+/m1/s1. The van der Waals surface area contributed by atoms with Gasteiger partial charge >= 0.3 is 5.69 Å². The van der Waals surface area contributed by atoms with E-state index >= 15 is 0 Å². The summed E-state index contributed by atoms with van der Waals surface area (Å²) in [5.41, 5.74) is 0.184. The number of aliphatic hydroxyl groups excluding tert-OH is 1. The Kier molecular flexibility index (Phi) is 2.29. The number of alkyl halides is 2. The first-order valence-corrected chi connectivity index (χ1v) is 5.54. The van der Waals surface area contributed by atoms with Gasteiger partial charge in [-0.25, -0.2) is 13.6 Å². The van der Waals surface area contributed by atoms with E-state index in [2.05, 4.69) is 4.98 Å². The fourth-order valence-electron chi connectivity index (χ4n) is 2.62. The minimum atomic E-state index is -3.06. The van der Waals surface area contributed by atoms with E-state index in [1.807, 2.05) is 0 Å². The number of fused-ring (bicyclic) bond motifs is 1. The van der Waals surface area contributed by atoms with Gasteiger partial charge < -0.3 is 20.7 Å². The van der Waals surface area contributed by atoms with E-state index in [0.717, 1.165) is 4.57 Å². The molecule has 0 aromatic carbocycles. The van der Waals surface area contributed by atoms with Crippen molar-refractivity contribution in [2.75, 3.05) is 5.73 Å². The number of hydrogen-bond donors (Lipinski definition) is 3. The Bertz CT molecular complexity index is 594. The number of hydrogen-bond acceptors (Lipinski definition) is 6. The van der Waals surface area contributed by atoms with Crippen LogP contribution >= 0.6 is 0 Å². The number of nitrogens with zero attached hydrogens (tertiary/aromatic N) is 2. The fourth-order valence-corrected chi connectivity index (χ4v) is 2.62. The average Bonchev–Trinajstić information content (AvgIpc) is 2.65. The van der Waals surface area contributed by atoms with E-state index in [4.69, 9.17) is 10.5 Å². The Labute approximate surface area is 105 Å². The molecule has 2 fully saturated rings. The molecular weight excluding hydrogens is 264 g/mol. The number of aliphatic hydroxyl groups is 2. The van der Waals surface area contributed by atoms with Crippen LogP contribution in [0.1, 0.15) is 12.6 Å². The van der Waals surface area contributed by atoms with Crippen LogP contribution < -0.4 is 11.4 Å². The van der Waals surface area contributed by atoms with Gasteiger partial charge in [0.05, 0.1) is 0 Å². The number of nitrogens with two attached hydrogens (primary N) is 1. The zero-order valence-electron chi connectivity index (χ0n) is 9.53. The highest BCUT2D eigenvalue weighted by atomic mass is 19.3. The van der Waals surface area contributed by atoms with Crippen LogP contribution in [0.15, 0.2) is 17.1 Å². The second-order valence-corrected chi connectivity index (χ2v) is 4.74. The maximum atomic E-state index is 12.9. The SMILES string of the molecule is Nc1ccn([C@H]2C[C@@]3(O)C(O)[C@@]3(C(F)F)O2)c(=O)n1. The molecule has 1 aliphatic carbocycles. The van der Waals surface area contributed by atoms with Crippen molar-refractivity contribution < 1.29 is 23.7 Å². The van der Waals surface area contributed by atoms with Gasteiger partial charge in [0.2, 0.25) is 0 Å². The van der Waals surface area contributed by atoms with E-state index in [0.29, 0.717) is 0 Å². The molecule has 2 heterocycles. The van der Waals surface area contributed by atoms with E-state index in [1.54, 1.807) is 0 Å². The lowest BCUT2D eigenvalue weighted by molar-refractivity contribution is -0.134. The van der Waals surface area contributed by atoms with Crippen LogP contribution in [0, 0.1) is 0 Å². The molecule has 2 aliphatic rings. The Morgan fingerprint density at radius 3 is 2.84 bits per heavy atom. The van der Waals surface area contributed by atoms with Crippen molar-refractivity contribution in [3.8, 4) is 0 Å². The smallest absolute Gasteiger partial charge is 0.351 e. The van der Waals surface area contributed by atoms with Crippen molar-refractivity contribution in [2.24, 2.45) is 0 Å². The third kappa shape index (κ3) is 1.34. The zero-order chi connectivity index (χ0) is 14.0.